The van der Waals surface area contributed by atoms with Crippen LogP contribution in [0.5, 0.6) is 11.5 Å². The number of aryl methyl sites for hydroxylation is 2. The van der Waals surface area contributed by atoms with Crippen LogP contribution in [-0.2, 0) is 17.6 Å². The highest BCUT2D eigenvalue weighted by Gasteiger charge is 2.38. The number of halogens is 1. The highest BCUT2D eigenvalue weighted by Crippen LogP contribution is 2.55. The van der Waals surface area contributed by atoms with Crippen molar-refractivity contribution in [1.29, 1.82) is 0 Å². The van der Waals surface area contributed by atoms with Crippen molar-refractivity contribution in [2.24, 2.45) is 0 Å². The Morgan fingerprint density at radius 3 is 2.67 bits per heavy atom. The number of hydrogen-bond donors (Lipinski definition) is 1. The smallest absolute Gasteiger partial charge is 0.303 e. The number of fused-ring (bicyclic) bond motifs is 3. The lowest BCUT2D eigenvalue weighted by Crippen LogP contribution is -2.08. The zero-order valence-electron chi connectivity index (χ0n) is 22.2. The molecule has 208 valence electrons. The van der Waals surface area contributed by atoms with E-state index in [1.165, 1.54) is 0 Å². The van der Waals surface area contributed by atoms with E-state index in [4.69, 9.17) is 31.3 Å². The zero-order chi connectivity index (χ0) is 27.8. The second-order valence-corrected chi connectivity index (χ2v) is 12.9. The van der Waals surface area contributed by atoms with Crippen LogP contribution in [0.3, 0.4) is 0 Å². The number of aliphatic carboxylic acids is 1. The molecule has 1 N–H and O–H groups in total. The molecule has 0 radical (unpaired) electrons. The molecule has 8 nitrogen and oxygen atoms in total. The minimum atomic E-state index is -0.797. The van der Waals surface area contributed by atoms with Gasteiger partial charge in [0, 0.05) is 34.0 Å². The fourth-order valence-electron chi connectivity index (χ4n) is 5.23. The first-order valence-electron chi connectivity index (χ1n) is 13.2. The zero-order valence-corrected chi connectivity index (χ0v) is 24.6. The molecule has 2 aromatic carbocycles. The van der Waals surface area contributed by atoms with Gasteiger partial charge >= 0.3 is 5.97 Å². The molecule has 2 atom stereocenters. The Hall–Kier alpha value is -3.08. The topological polar surface area (TPSA) is 99.4 Å². The summed E-state index contributed by atoms with van der Waals surface area (Å²) in [5.41, 5.74) is 3.14. The van der Waals surface area contributed by atoms with Gasteiger partial charge < -0.3 is 14.6 Å². The van der Waals surface area contributed by atoms with Crippen molar-refractivity contribution in [3.05, 3.63) is 80.3 Å². The fraction of sp³-hybridized carbons (Fsp3) is 0.379. The normalized spacial score (nSPS) is 18.1. The van der Waals surface area contributed by atoms with Gasteiger partial charge in [0.05, 0.1) is 41.8 Å². The van der Waals surface area contributed by atoms with Gasteiger partial charge in [-0.05, 0) is 55.5 Å². The average molecular weight is 597 g/mol. The predicted molar refractivity (Wildman–Crippen MR) is 156 cm³/mol. The third-order valence-corrected chi connectivity index (χ3v) is 10.2. The number of carboxylic acids is 1. The molecule has 1 aliphatic carbocycles. The van der Waals surface area contributed by atoms with E-state index >= 15 is 0 Å². The molecule has 1 aliphatic heterocycles. The number of thioether (sulfide) groups is 1. The predicted octanol–water partition coefficient (Wildman–Crippen LogP) is 6.80. The van der Waals surface area contributed by atoms with Crippen LogP contribution < -0.4 is 9.47 Å². The van der Waals surface area contributed by atoms with Crippen molar-refractivity contribution in [2.45, 2.75) is 54.9 Å². The molecule has 0 bridgehead atoms. The van der Waals surface area contributed by atoms with Gasteiger partial charge in [-0.25, -0.2) is 4.98 Å². The van der Waals surface area contributed by atoms with Crippen LogP contribution in [0.1, 0.15) is 74.8 Å². The number of carbonyl (C=O) groups is 1. The Balaban J connectivity index is 1.42. The maximum atomic E-state index is 11.0. The van der Waals surface area contributed by atoms with Gasteiger partial charge in [-0.2, -0.15) is 0 Å². The van der Waals surface area contributed by atoms with Crippen molar-refractivity contribution < 1.29 is 19.4 Å². The third kappa shape index (κ3) is 5.32. The molecule has 0 saturated heterocycles. The monoisotopic (exact) mass is 596 g/mol. The number of rotatable bonds is 10. The van der Waals surface area contributed by atoms with E-state index in [1.807, 2.05) is 36.0 Å². The number of benzene rings is 2. The first-order valence-corrected chi connectivity index (χ1v) is 15.4. The number of nitrogens with zero attached hydrogens (tertiary/aromatic N) is 4. The van der Waals surface area contributed by atoms with E-state index < -0.39 is 5.97 Å². The molecule has 11 heteroatoms. The first kappa shape index (κ1) is 27.1. The van der Waals surface area contributed by atoms with Gasteiger partial charge in [-0.1, -0.05) is 23.7 Å². The Labute approximate surface area is 245 Å². The summed E-state index contributed by atoms with van der Waals surface area (Å²) in [6.45, 7) is 0. The van der Waals surface area contributed by atoms with Crippen LogP contribution >= 0.6 is 34.7 Å². The summed E-state index contributed by atoms with van der Waals surface area (Å²) >= 11 is 10.0. The molecule has 40 heavy (non-hydrogen) atoms. The summed E-state index contributed by atoms with van der Waals surface area (Å²) < 4.78 is 13.8. The number of methoxy groups -OCH3 is 2. The minimum Gasteiger partial charge on any atom is -0.493 e. The number of hydrogen-bond acceptors (Lipinski definition) is 8. The van der Waals surface area contributed by atoms with Crippen LogP contribution in [0.2, 0.25) is 5.02 Å². The Morgan fingerprint density at radius 1 is 1.10 bits per heavy atom. The van der Waals surface area contributed by atoms with E-state index in [1.54, 1.807) is 31.8 Å². The molecule has 4 aromatic rings. The highest BCUT2D eigenvalue weighted by atomic mass is 35.5. The molecule has 1 fully saturated rings. The lowest BCUT2D eigenvalue weighted by Gasteiger charge is -2.24. The molecular weight excluding hydrogens is 568 g/mol. The lowest BCUT2D eigenvalue weighted by atomic mass is 10.0. The summed E-state index contributed by atoms with van der Waals surface area (Å²) in [4.78, 5) is 16.6. The second kappa shape index (κ2) is 11.4. The maximum Gasteiger partial charge on any atom is 0.303 e. The van der Waals surface area contributed by atoms with Crippen LogP contribution in [0.4, 0.5) is 0 Å². The van der Waals surface area contributed by atoms with Crippen LogP contribution in [0.25, 0.3) is 5.69 Å². The largest absolute Gasteiger partial charge is 0.493 e. The van der Waals surface area contributed by atoms with E-state index in [0.29, 0.717) is 28.9 Å². The highest BCUT2D eigenvalue weighted by molar-refractivity contribution is 8.00. The number of para-hydroxylation sites is 1. The van der Waals surface area contributed by atoms with Gasteiger partial charge in [-0.15, -0.1) is 33.3 Å². The van der Waals surface area contributed by atoms with Crippen LogP contribution in [-0.4, -0.2) is 45.0 Å². The maximum absolute atomic E-state index is 11.0. The first-order chi connectivity index (χ1) is 19.5. The van der Waals surface area contributed by atoms with Gasteiger partial charge in [0.15, 0.2) is 17.3 Å². The number of carboxylic acid groups (broad SMARTS) is 1. The second-order valence-electron chi connectivity index (χ2n) is 9.97. The molecule has 3 heterocycles. The summed E-state index contributed by atoms with van der Waals surface area (Å²) in [5, 5.41) is 20.1. The Bertz CT molecular complexity index is 1550. The summed E-state index contributed by atoms with van der Waals surface area (Å²) in [7, 11) is 3.32. The van der Waals surface area contributed by atoms with E-state index in [9.17, 15) is 4.79 Å². The van der Waals surface area contributed by atoms with Gasteiger partial charge in [0.2, 0.25) is 0 Å². The van der Waals surface area contributed by atoms with Crippen LogP contribution in [0.15, 0.2) is 42.6 Å². The number of aromatic nitrogens is 4. The molecule has 6 rings (SSSR count). The van der Waals surface area contributed by atoms with Crippen LogP contribution in [0, 0.1) is 0 Å². The molecule has 2 aromatic heterocycles. The van der Waals surface area contributed by atoms with Crippen molar-refractivity contribution in [1.82, 2.24) is 19.7 Å². The number of ether oxygens (including phenoxy) is 2. The summed E-state index contributed by atoms with van der Waals surface area (Å²) in [6, 6.07) is 12.0. The van der Waals surface area contributed by atoms with E-state index in [0.717, 1.165) is 64.0 Å². The Kier molecular flexibility index (Phi) is 7.74. The standard InChI is InChI=1S/C29H29ClN4O4S2/c1-37-22-5-3-4-19(26(22)38-2)27-20-14-17(30)8-10-21(20)34-28(16-6-7-16)32-33-29(34)23(40-27)11-12-24-31-15-18(39-24)9-13-25(35)36/h3-5,8,10,14-16,23,27H,6-7,9,11-13H2,1-2H3,(H,35,36)/t23-,27-/m0/s1. The van der Waals surface area contributed by atoms with Gasteiger partial charge in [-0.3, -0.25) is 9.36 Å². The van der Waals surface area contributed by atoms with Crippen molar-refractivity contribution in [3.63, 3.8) is 0 Å². The van der Waals surface area contributed by atoms with E-state index in [-0.39, 0.29) is 16.9 Å². The molecule has 0 amide bonds. The van der Waals surface area contributed by atoms with Crippen molar-refractivity contribution in [2.75, 3.05) is 14.2 Å². The van der Waals surface area contributed by atoms with Gasteiger partial charge in [0.1, 0.15) is 5.82 Å². The lowest BCUT2D eigenvalue weighted by molar-refractivity contribution is -0.136. The van der Waals surface area contributed by atoms with Crippen molar-refractivity contribution >= 4 is 40.7 Å². The molecule has 2 aliphatic rings. The quantitative estimate of drug-likeness (QED) is 0.213. The number of thiazole rings is 1. The fourth-order valence-corrected chi connectivity index (χ4v) is 7.87. The summed E-state index contributed by atoms with van der Waals surface area (Å²) in [6.07, 6.45) is 6.19. The average Bonchev–Trinajstić information content (AvgIpc) is 3.58. The summed E-state index contributed by atoms with van der Waals surface area (Å²) in [5.74, 6) is 2.94. The Morgan fingerprint density at radius 2 is 1.93 bits per heavy atom. The van der Waals surface area contributed by atoms with E-state index in [2.05, 4.69) is 26.8 Å². The van der Waals surface area contributed by atoms with Gasteiger partial charge in [0.25, 0.3) is 0 Å². The molecule has 0 unspecified atom stereocenters. The molecule has 0 spiro atoms. The SMILES string of the molecule is COc1cccc([C@@H]2S[C@@H](CCc3ncc(CCC(=O)O)s3)c3nnc(C4CC4)n3-c3ccc(Cl)cc32)c1OC. The molecular formula is C29H29ClN4O4S2. The van der Waals surface area contributed by atoms with Crippen molar-refractivity contribution in [3.8, 4) is 17.2 Å². The third-order valence-electron chi connectivity index (χ3n) is 7.28. The molecule has 1 saturated carbocycles. The minimum absolute atomic E-state index is 0.0125.